The zero-order valence-corrected chi connectivity index (χ0v) is 14.5. The number of aromatic nitrogens is 2. The molecule has 1 saturated heterocycles. The van der Waals surface area contributed by atoms with E-state index < -0.39 is 5.92 Å². The van der Waals surface area contributed by atoms with Crippen LogP contribution in [0.15, 0.2) is 28.6 Å². The number of amides is 2. The van der Waals surface area contributed by atoms with Crippen LogP contribution in [0.4, 0.5) is 15.2 Å². The van der Waals surface area contributed by atoms with Gasteiger partial charge >= 0.3 is 0 Å². The largest absolute Gasteiger partial charge is 0.312 e. The van der Waals surface area contributed by atoms with E-state index in [0.29, 0.717) is 10.8 Å². The maximum atomic E-state index is 13.0. The van der Waals surface area contributed by atoms with Gasteiger partial charge < -0.3 is 10.2 Å². The molecule has 0 spiro atoms. The van der Waals surface area contributed by atoms with Crippen LogP contribution in [-0.4, -0.2) is 34.3 Å². The van der Waals surface area contributed by atoms with Crippen LogP contribution < -0.4 is 10.2 Å². The topological polar surface area (TPSA) is 75.2 Å². The Kier molecular flexibility index (Phi) is 5.10. The number of benzene rings is 1. The van der Waals surface area contributed by atoms with Crippen molar-refractivity contribution >= 4 is 45.7 Å². The third-order valence-corrected chi connectivity index (χ3v) is 5.39. The Labute approximate surface area is 146 Å². The fraction of sp³-hybridized carbons (Fsp3) is 0.333. The summed E-state index contributed by atoms with van der Waals surface area (Å²) in [4.78, 5) is 26.0. The van der Waals surface area contributed by atoms with Gasteiger partial charge in [-0.25, -0.2) is 4.39 Å². The molecule has 1 atom stereocenters. The first-order valence-corrected chi connectivity index (χ1v) is 9.20. The summed E-state index contributed by atoms with van der Waals surface area (Å²) in [5, 5.41) is 11.1. The zero-order chi connectivity index (χ0) is 17.1. The third kappa shape index (κ3) is 3.73. The van der Waals surface area contributed by atoms with Crippen LogP contribution in [-0.2, 0) is 9.59 Å². The van der Waals surface area contributed by atoms with Crippen molar-refractivity contribution in [2.45, 2.75) is 17.7 Å². The molecule has 9 heteroatoms. The van der Waals surface area contributed by atoms with Crippen molar-refractivity contribution in [3.8, 4) is 0 Å². The molecule has 1 N–H and O–H groups in total. The minimum atomic E-state index is -0.464. The number of carbonyl (C=O) groups excluding carboxylic acids is 2. The van der Waals surface area contributed by atoms with Gasteiger partial charge in [0.15, 0.2) is 4.34 Å². The van der Waals surface area contributed by atoms with Crippen LogP contribution >= 0.6 is 23.1 Å². The second kappa shape index (κ2) is 7.27. The van der Waals surface area contributed by atoms with Gasteiger partial charge in [0.05, 0.1) is 5.92 Å². The summed E-state index contributed by atoms with van der Waals surface area (Å²) in [7, 11) is 0. The van der Waals surface area contributed by atoms with Gasteiger partial charge in [-0.05, 0) is 30.0 Å². The Hall–Kier alpha value is -2.00. The molecule has 2 heterocycles. The van der Waals surface area contributed by atoms with Crippen molar-refractivity contribution in [1.82, 2.24) is 10.2 Å². The lowest BCUT2D eigenvalue weighted by Gasteiger charge is -2.16. The predicted molar refractivity (Wildman–Crippen MR) is 91.8 cm³/mol. The average Bonchev–Trinajstić information content (AvgIpc) is 3.15. The normalized spacial score (nSPS) is 17.3. The summed E-state index contributed by atoms with van der Waals surface area (Å²) in [6.45, 7) is 2.28. The highest BCUT2D eigenvalue weighted by atomic mass is 32.2. The van der Waals surface area contributed by atoms with Crippen LogP contribution in [0.1, 0.15) is 13.3 Å². The summed E-state index contributed by atoms with van der Waals surface area (Å²) in [6, 6.07) is 5.66. The summed E-state index contributed by atoms with van der Waals surface area (Å²) >= 11 is 2.87. The molecule has 2 aromatic rings. The number of hydrogen-bond acceptors (Lipinski definition) is 6. The van der Waals surface area contributed by atoms with Crippen molar-refractivity contribution in [3.05, 3.63) is 30.1 Å². The highest BCUT2D eigenvalue weighted by Crippen LogP contribution is 2.28. The number of carbonyl (C=O) groups is 2. The molecule has 0 saturated carbocycles. The quantitative estimate of drug-likeness (QED) is 0.650. The van der Waals surface area contributed by atoms with Gasteiger partial charge in [-0.1, -0.05) is 30.0 Å². The summed E-state index contributed by atoms with van der Waals surface area (Å²) in [5.74, 6) is -0.351. The van der Waals surface area contributed by atoms with E-state index in [0.717, 1.165) is 10.1 Å². The molecule has 6 nitrogen and oxygen atoms in total. The highest BCUT2D eigenvalue weighted by molar-refractivity contribution is 8.01. The summed E-state index contributed by atoms with van der Waals surface area (Å²) in [6.07, 6.45) is 0.124. The molecule has 0 unspecified atom stereocenters. The van der Waals surface area contributed by atoms with Crippen LogP contribution in [0.3, 0.4) is 0 Å². The fourth-order valence-corrected chi connectivity index (χ4v) is 4.06. The van der Waals surface area contributed by atoms with Crippen molar-refractivity contribution in [1.29, 1.82) is 0 Å². The number of thioether (sulfide) groups is 1. The maximum absolute atomic E-state index is 13.0. The predicted octanol–water partition coefficient (Wildman–Crippen LogP) is 2.78. The molecule has 1 aromatic heterocycles. The molecule has 1 fully saturated rings. The smallest absolute Gasteiger partial charge is 0.231 e. The first-order chi connectivity index (χ1) is 11.6. The molecule has 0 aliphatic carbocycles. The Morgan fingerprint density at radius 1 is 1.42 bits per heavy atom. The van der Waals surface area contributed by atoms with E-state index in [2.05, 4.69) is 15.5 Å². The SMILES string of the molecule is CCSc1nnc(NC(=O)[C@@H]2CC(=O)N(c3ccc(F)cc3)C2)s1. The van der Waals surface area contributed by atoms with E-state index in [1.54, 1.807) is 11.8 Å². The van der Waals surface area contributed by atoms with Gasteiger partial charge in [-0.15, -0.1) is 10.2 Å². The first-order valence-electron chi connectivity index (χ1n) is 7.40. The average molecular weight is 366 g/mol. The lowest BCUT2D eigenvalue weighted by atomic mass is 10.1. The molecule has 24 heavy (non-hydrogen) atoms. The van der Waals surface area contributed by atoms with Gasteiger partial charge in [0.2, 0.25) is 16.9 Å². The molecule has 126 valence electrons. The molecule has 0 bridgehead atoms. The molecular formula is C15H15FN4O2S2. The van der Waals surface area contributed by atoms with Gasteiger partial charge in [0, 0.05) is 18.7 Å². The molecule has 1 aromatic carbocycles. The Morgan fingerprint density at radius 3 is 2.88 bits per heavy atom. The zero-order valence-electron chi connectivity index (χ0n) is 12.9. The molecule has 2 amide bonds. The van der Waals surface area contributed by atoms with E-state index in [1.165, 1.54) is 40.5 Å². The van der Waals surface area contributed by atoms with Crippen molar-refractivity contribution in [2.24, 2.45) is 5.92 Å². The number of hydrogen-bond donors (Lipinski definition) is 1. The lowest BCUT2D eigenvalue weighted by molar-refractivity contribution is -0.122. The number of rotatable bonds is 5. The Bertz CT molecular complexity index is 750. The molecular weight excluding hydrogens is 351 g/mol. The second-order valence-corrected chi connectivity index (χ2v) is 7.67. The summed E-state index contributed by atoms with van der Waals surface area (Å²) < 4.78 is 13.8. The van der Waals surface area contributed by atoms with Crippen LogP contribution in [0, 0.1) is 11.7 Å². The van der Waals surface area contributed by atoms with E-state index in [-0.39, 0.29) is 30.6 Å². The van der Waals surface area contributed by atoms with Crippen molar-refractivity contribution < 1.29 is 14.0 Å². The first kappa shape index (κ1) is 16.8. The highest BCUT2D eigenvalue weighted by Gasteiger charge is 2.35. The standard InChI is InChI=1S/C15H15FN4O2S2/c1-2-23-15-19-18-14(24-15)17-13(22)9-7-12(21)20(8-9)11-5-3-10(16)4-6-11/h3-6,9H,2,7-8H2,1H3,(H,17,18,22)/t9-/m1/s1. The minimum absolute atomic E-state index is 0.124. The number of halogens is 1. The molecule has 1 aliphatic rings. The van der Waals surface area contributed by atoms with Gasteiger partial charge in [-0.3, -0.25) is 9.59 Å². The minimum Gasteiger partial charge on any atom is -0.312 e. The number of anilines is 2. The molecule has 3 rings (SSSR count). The van der Waals surface area contributed by atoms with E-state index in [9.17, 15) is 14.0 Å². The Balaban J connectivity index is 1.64. The number of nitrogens with one attached hydrogen (secondary N) is 1. The van der Waals surface area contributed by atoms with E-state index in [4.69, 9.17) is 0 Å². The fourth-order valence-electron chi connectivity index (χ4n) is 2.40. The summed E-state index contributed by atoms with van der Waals surface area (Å²) in [5.41, 5.74) is 0.592. The third-order valence-electron chi connectivity index (χ3n) is 3.54. The van der Waals surface area contributed by atoms with E-state index in [1.807, 2.05) is 6.92 Å². The van der Waals surface area contributed by atoms with Crippen molar-refractivity contribution in [2.75, 3.05) is 22.5 Å². The van der Waals surface area contributed by atoms with Gasteiger partial charge in [0.1, 0.15) is 5.82 Å². The van der Waals surface area contributed by atoms with Crippen LogP contribution in [0.2, 0.25) is 0 Å². The monoisotopic (exact) mass is 366 g/mol. The van der Waals surface area contributed by atoms with Crippen LogP contribution in [0.5, 0.6) is 0 Å². The van der Waals surface area contributed by atoms with Crippen LogP contribution in [0.25, 0.3) is 0 Å². The van der Waals surface area contributed by atoms with E-state index >= 15 is 0 Å². The van der Waals surface area contributed by atoms with Gasteiger partial charge in [0.25, 0.3) is 0 Å². The molecule has 0 radical (unpaired) electrons. The lowest BCUT2D eigenvalue weighted by Crippen LogP contribution is -2.28. The molecule has 1 aliphatic heterocycles. The second-order valence-electron chi connectivity index (χ2n) is 5.18. The number of nitrogens with zero attached hydrogens (tertiary/aromatic N) is 3. The van der Waals surface area contributed by atoms with Gasteiger partial charge in [-0.2, -0.15) is 0 Å². The maximum Gasteiger partial charge on any atom is 0.231 e. The van der Waals surface area contributed by atoms with Crippen molar-refractivity contribution in [3.63, 3.8) is 0 Å². The Morgan fingerprint density at radius 2 is 2.17 bits per heavy atom.